The number of hydrogen-bond acceptors (Lipinski definition) is 5. The van der Waals surface area contributed by atoms with Gasteiger partial charge in [0.25, 0.3) is 5.91 Å². The molecule has 0 radical (unpaired) electrons. The van der Waals surface area contributed by atoms with Crippen molar-refractivity contribution in [3.05, 3.63) is 59.5 Å². The lowest BCUT2D eigenvalue weighted by atomic mass is 9.68. The smallest absolute Gasteiger partial charge is 0.254 e. The zero-order chi connectivity index (χ0) is 24.9. The number of carbonyl (C=O) groups excluding carboxylic acids is 2. The zero-order valence-corrected chi connectivity index (χ0v) is 20.6. The van der Waals surface area contributed by atoms with Crippen LogP contribution in [0, 0.1) is 5.92 Å². The molecule has 2 N–H and O–H groups in total. The van der Waals surface area contributed by atoms with Crippen molar-refractivity contribution < 1.29 is 19.4 Å². The molecule has 188 valence electrons. The lowest BCUT2D eigenvalue weighted by molar-refractivity contribution is -0.144. The summed E-state index contributed by atoms with van der Waals surface area (Å²) in [6.07, 6.45) is 8.40. The fourth-order valence-corrected chi connectivity index (χ4v) is 6.59. The highest BCUT2D eigenvalue weighted by molar-refractivity contribution is 5.96. The summed E-state index contributed by atoms with van der Waals surface area (Å²) in [6, 6.07) is 8.99. The number of aromatic nitrogens is 2. The van der Waals surface area contributed by atoms with Crippen LogP contribution in [0.5, 0.6) is 5.75 Å². The normalized spacial score (nSPS) is 21.3. The van der Waals surface area contributed by atoms with Gasteiger partial charge in [-0.05, 0) is 42.7 Å². The fourth-order valence-electron chi connectivity index (χ4n) is 6.59. The maximum Gasteiger partial charge on any atom is 0.254 e. The van der Waals surface area contributed by atoms with Gasteiger partial charge in [0.1, 0.15) is 5.75 Å². The van der Waals surface area contributed by atoms with E-state index in [-0.39, 0.29) is 29.8 Å². The first-order valence-electron chi connectivity index (χ1n) is 12.9. The number of pyridine rings is 1. The molecule has 1 spiro atoms. The van der Waals surface area contributed by atoms with Crippen LogP contribution in [0.25, 0.3) is 10.9 Å². The topological polar surface area (TPSA) is 98.8 Å². The van der Waals surface area contributed by atoms with Crippen LogP contribution in [0.1, 0.15) is 59.8 Å². The summed E-state index contributed by atoms with van der Waals surface area (Å²) < 4.78 is 5.44. The Hall–Kier alpha value is -3.39. The third kappa shape index (κ3) is 3.58. The summed E-state index contributed by atoms with van der Waals surface area (Å²) in [7, 11) is 1.64. The molecular formula is C28H32N4O4. The molecule has 6 rings (SSSR count). The van der Waals surface area contributed by atoms with Gasteiger partial charge >= 0.3 is 0 Å². The van der Waals surface area contributed by atoms with E-state index in [4.69, 9.17) is 4.74 Å². The van der Waals surface area contributed by atoms with E-state index in [1.807, 2.05) is 28.0 Å². The van der Waals surface area contributed by atoms with E-state index in [9.17, 15) is 14.7 Å². The van der Waals surface area contributed by atoms with E-state index in [2.05, 4.69) is 9.97 Å². The quantitative estimate of drug-likeness (QED) is 0.586. The second-order valence-corrected chi connectivity index (χ2v) is 10.5. The minimum atomic E-state index is -0.427. The molecule has 4 heterocycles. The molecule has 8 nitrogen and oxygen atoms in total. The van der Waals surface area contributed by atoms with Crippen LogP contribution in [-0.2, 0) is 10.2 Å². The zero-order valence-electron chi connectivity index (χ0n) is 20.6. The van der Waals surface area contributed by atoms with Gasteiger partial charge in [0.05, 0.1) is 25.2 Å². The number of aromatic amines is 1. The number of aliphatic hydroxyl groups is 1. The number of fused-ring (bicyclic) bond motifs is 4. The molecule has 8 heteroatoms. The first-order valence-corrected chi connectivity index (χ1v) is 12.9. The fraction of sp³-hybridized carbons (Fsp3) is 0.464. The summed E-state index contributed by atoms with van der Waals surface area (Å²) in [5.74, 6) is 0.855. The summed E-state index contributed by atoms with van der Waals surface area (Å²) in [6.45, 7) is 1.39. The van der Waals surface area contributed by atoms with Crippen LogP contribution in [0.15, 0.2) is 42.7 Å². The molecule has 2 aliphatic heterocycles. The van der Waals surface area contributed by atoms with Crippen LogP contribution < -0.4 is 4.74 Å². The van der Waals surface area contributed by atoms with Crippen molar-refractivity contribution >= 4 is 22.7 Å². The van der Waals surface area contributed by atoms with E-state index in [1.54, 1.807) is 31.6 Å². The number of aliphatic hydroxyl groups excluding tert-OH is 1. The predicted molar refractivity (Wildman–Crippen MR) is 135 cm³/mol. The maximum absolute atomic E-state index is 13.8. The number of methoxy groups -OCH3 is 1. The molecule has 0 bridgehead atoms. The monoisotopic (exact) mass is 488 g/mol. The Morgan fingerprint density at radius 1 is 1.11 bits per heavy atom. The minimum absolute atomic E-state index is 0.00510. The number of nitrogens with one attached hydrogen (secondary N) is 1. The highest BCUT2D eigenvalue weighted by Gasteiger charge is 2.55. The van der Waals surface area contributed by atoms with Gasteiger partial charge in [-0.25, -0.2) is 0 Å². The number of ether oxygens (including phenoxy) is 1. The van der Waals surface area contributed by atoms with E-state index < -0.39 is 6.04 Å². The standard InChI is InChI=1S/C28H32N4O4/c1-36-20-7-8-21-22(13-20)30-25-23(14-33)32(27(35)18-5-3-2-4-6-18)17-28(24(21)25)15-31(16-28)26(34)19-9-11-29-12-10-19/h7-13,18,23,30,33H,2-6,14-17H2,1H3/t23-/m1/s1. The average Bonchev–Trinajstić information content (AvgIpc) is 3.30. The SMILES string of the molecule is COc1ccc2c3c([nH]c2c1)[C@@H](CO)N(C(=O)C1CCCCC1)CC31CN(C(=O)c2ccncc2)C1. The van der Waals surface area contributed by atoms with Crippen LogP contribution in [0.3, 0.4) is 0 Å². The van der Waals surface area contributed by atoms with Crippen molar-refractivity contribution in [2.45, 2.75) is 43.6 Å². The van der Waals surface area contributed by atoms with Crippen molar-refractivity contribution in [3.63, 3.8) is 0 Å². The Morgan fingerprint density at radius 3 is 2.56 bits per heavy atom. The highest BCUT2D eigenvalue weighted by Crippen LogP contribution is 2.49. The Morgan fingerprint density at radius 2 is 1.86 bits per heavy atom. The van der Waals surface area contributed by atoms with Crippen molar-refractivity contribution in [3.8, 4) is 5.75 Å². The molecule has 2 amide bonds. The van der Waals surface area contributed by atoms with Gasteiger partial charge in [-0.3, -0.25) is 14.6 Å². The molecule has 0 unspecified atom stereocenters. The van der Waals surface area contributed by atoms with Crippen LogP contribution in [0.2, 0.25) is 0 Å². The van der Waals surface area contributed by atoms with Gasteiger partial charge in [-0.1, -0.05) is 19.3 Å². The second kappa shape index (κ2) is 8.92. The van der Waals surface area contributed by atoms with Crippen LogP contribution in [0.4, 0.5) is 0 Å². The van der Waals surface area contributed by atoms with Crippen LogP contribution >= 0.6 is 0 Å². The van der Waals surface area contributed by atoms with Gasteiger partial charge in [0, 0.05) is 66.2 Å². The third-order valence-corrected chi connectivity index (χ3v) is 8.36. The Kier molecular flexibility index (Phi) is 5.71. The molecule has 36 heavy (non-hydrogen) atoms. The van der Waals surface area contributed by atoms with E-state index in [0.717, 1.165) is 53.6 Å². The van der Waals surface area contributed by atoms with Crippen molar-refractivity contribution in [1.29, 1.82) is 0 Å². The number of likely N-dealkylation sites (tertiary alicyclic amines) is 1. The molecule has 1 saturated heterocycles. The Labute approximate surface area is 210 Å². The van der Waals surface area contributed by atoms with Gasteiger partial charge in [-0.15, -0.1) is 0 Å². The summed E-state index contributed by atoms with van der Waals surface area (Å²) in [4.78, 5) is 38.3. The number of H-pyrrole nitrogens is 1. The predicted octanol–water partition coefficient (Wildman–Crippen LogP) is 3.42. The molecule has 1 saturated carbocycles. The number of carbonyl (C=O) groups is 2. The number of amides is 2. The van der Waals surface area contributed by atoms with Crippen molar-refractivity contribution in [2.24, 2.45) is 5.92 Å². The van der Waals surface area contributed by atoms with Gasteiger partial charge in [-0.2, -0.15) is 0 Å². The highest BCUT2D eigenvalue weighted by atomic mass is 16.5. The molecule has 1 aromatic carbocycles. The lowest BCUT2D eigenvalue weighted by Gasteiger charge is -2.56. The van der Waals surface area contributed by atoms with Crippen LogP contribution in [-0.4, -0.2) is 70.0 Å². The number of benzene rings is 1. The summed E-state index contributed by atoms with van der Waals surface area (Å²) >= 11 is 0. The van der Waals surface area contributed by atoms with Crippen molar-refractivity contribution in [2.75, 3.05) is 33.4 Å². The first kappa shape index (κ1) is 23.0. The second-order valence-electron chi connectivity index (χ2n) is 10.5. The molecule has 2 fully saturated rings. The van der Waals surface area contributed by atoms with Crippen molar-refractivity contribution in [1.82, 2.24) is 19.8 Å². The largest absolute Gasteiger partial charge is 0.497 e. The van der Waals surface area contributed by atoms with E-state index >= 15 is 0 Å². The summed E-state index contributed by atoms with van der Waals surface area (Å²) in [5, 5.41) is 11.6. The molecule has 1 atom stereocenters. The van der Waals surface area contributed by atoms with E-state index in [0.29, 0.717) is 25.2 Å². The average molecular weight is 489 g/mol. The van der Waals surface area contributed by atoms with Gasteiger partial charge < -0.3 is 24.6 Å². The van der Waals surface area contributed by atoms with E-state index in [1.165, 1.54) is 6.42 Å². The number of hydrogen-bond donors (Lipinski definition) is 2. The Balaban J connectivity index is 1.41. The third-order valence-electron chi connectivity index (χ3n) is 8.36. The number of nitrogens with zero attached hydrogens (tertiary/aromatic N) is 3. The molecule has 3 aromatic rings. The molecule has 2 aromatic heterocycles. The minimum Gasteiger partial charge on any atom is -0.497 e. The van der Waals surface area contributed by atoms with Gasteiger partial charge in [0.15, 0.2) is 0 Å². The lowest BCUT2D eigenvalue weighted by Crippen LogP contribution is -2.68. The molecule has 3 aliphatic rings. The van der Waals surface area contributed by atoms with Gasteiger partial charge in [0.2, 0.25) is 5.91 Å². The summed E-state index contributed by atoms with van der Waals surface area (Å²) in [5.41, 5.74) is 3.14. The first-order chi connectivity index (χ1) is 17.5. The molecule has 1 aliphatic carbocycles. The number of rotatable bonds is 4. The maximum atomic E-state index is 13.8. The Bertz CT molecular complexity index is 1290. The molecular weight excluding hydrogens is 456 g/mol.